The van der Waals surface area contributed by atoms with Crippen LogP contribution in [0.2, 0.25) is 0 Å². The highest BCUT2D eigenvalue weighted by molar-refractivity contribution is 5.93. The van der Waals surface area contributed by atoms with Crippen LogP contribution in [0.4, 0.5) is 11.8 Å². The molecule has 0 radical (unpaired) electrons. The number of benzene rings is 2. The van der Waals surface area contributed by atoms with E-state index in [0.29, 0.717) is 12.5 Å². The SMILES string of the molecule is O=C(Nc1nc2ccccc2[nH]1)[C@@H]1CCCN(c2ccc(-c3ccccc3)nn2)C1. The van der Waals surface area contributed by atoms with Gasteiger partial charge in [-0.1, -0.05) is 42.5 Å². The van der Waals surface area contributed by atoms with E-state index in [0.717, 1.165) is 47.5 Å². The normalized spacial score (nSPS) is 16.5. The minimum absolute atomic E-state index is 0.0207. The van der Waals surface area contributed by atoms with E-state index < -0.39 is 0 Å². The number of imidazole rings is 1. The van der Waals surface area contributed by atoms with Gasteiger partial charge >= 0.3 is 0 Å². The molecule has 4 aromatic rings. The molecule has 7 heteroatoms. The summed E-state index contributed by atoms with van der Waals surface area (Å²) in [6.45, 7) is 1.49. The maximum absolute atomic E-state index is 12.8. The van der Waals surface area contributed by atoms with Crippen molar-refractivity contribution in [3.8, 4) is 11.3 Å². The molecule has 2 aromatic heterocycles. The largest absolute Gasteiger partial charge is 0.354 e. The lowest BCUT2D eigenvalue weighted by atomic mass is 9.97. The number of anilines is 2. The second-order valence-corrected chi connectivity index (χ2v) is 7.52. The zero-order valence-electron chi connectivity index (χ0n) is 16.5. The molecule has 1 amide bonds. The van der Waals surface area contributed by atoms with E-state index in [4.69, 9.17) is 0 Å². The van der Waals surface area contributed by atoms with Crippen LogP contribution in [0.25, 0.3) is 22.3 Å². The topological polar surface area (TPSA) is 86.8 Å². The molecule has 0 unspecified atom stereocenters. The predicted octanol–water partition coefficient (Wildman–Crippen LogP) is 3.88. The van der Waals surface area contributed by atoms with Crippen molar-refractivity contribution in [3.05, 3.63) is 66.7 Å². The van der Waals surface area contributed by atoms with Crippen LogP contribution in [0.5, 0.6) is 0 Å². The first-order chi connectivity index (χ1) is 14.8. The molecule has 1 saturated heterocycles. The van der Waals surface area contributed by atoms with Gasteiger partial charge in [-0.3, -0.25) is 10.1 Å². The average molecular weight is 398 g/mol. The van der Waals surface area contributed by atoms with Gasteiger partial charge in [0.25, 0.3) is 0 Å². The second kappa shape index (κ2) is 7.94. The third-order valence-electron chi connectivity index (χ3n) is 5.47. The van der Waals surface area contributed by atoms with Crippen molar-refractivity contribution < 1.29 is 4.79 Å². The molecule has 7 nitrogen and oxygen atoms in total. The molecule has 5 rings (SSSR count). The highest BCUT2D eigenvalue weighted by atomic mass is 16.2. The third-order valence-corrected chi connectivity index (χ3v) is 5.47. The van der Waals surface area contributed by atoms with E-state index in [1.54, 1.807) is 0 Å². The molecule has 0 spiro atoms. The molecule has 0 aliphatic carbocycles. The first kappa shape index (κ1) is 18.3. The van der Waals surface area contributed by atoms with Gasteiger partial charge in [-0.15, -0.1) is 10.2 Å². The van der Waals surface area contributed by atoms with Crippen molar-refractivity contribution >= 4 is 28.7 Å². The number of H-pyrrole nitrogens is 1. The van der Waals surface area contributed by atoms with Crippen LogP contribution in [0.1, 0.15) is 12.8 Å². The van der Waals surface area contributed by atoms with Gasteiger partial charge in [0, 0.05) is 18.7 Å². The zero-order valence-corrected chi connectivity index (χ0v) is 16.5. The average Bonchev–Trinajstić information content (AvgIpc) is 3.22. The van der Waals surface area contributed by atoms with E-state index >= 15 is 0 Å². The Bertz CT molecular complexity index is 1120. The summed E-state index contributed by atoms with van der Waals surface area (Å²) in [7, 11) is 0. The maximum Gasteiger partial charge on any atom is 0.231 e. The monoisotopic (exact) mass is 398 g/mol. The van der Waals surface area contributed by atoms with E-state index in [-0.39, 0.29) is 11.8 Å². The fraction of sp³-hybridized carbons (Fsp3) is 0.217. The second-order valence-electron chi connectivity index (χ2n) is 7.52. The molecule has 1 aliphatic heterocycles. The van der Waals surface area contributed by atoms with Gasteiger partial charge in [-0.2, -0.15) is 0 Å². The molecule has 1 atom stereocenters. The number of aromatic nitrogens is 4. The highest BCUT2D eigenvalue weighted by Gasteiger charge is 2.27. The van der Waals surface area contributed by atoms with Crippen LogP contribution >= 0.6 is 0 Å². The molecule has 2 N–H and O–H groups in total. The van der Waals surface area contributed by atoms with Gasteiger partial charge in [0.05, 0.1) is 22.6 Å². The summed E-state index contributed by atoms with van der Waals surface area (Å²) in [5.41, 5.74) is 3.63. The Kier molecular flexibility index (Phi) is 4.85. The maximum atomic E-state index is 12.8. The van der Waals surface area contributed by atoms with E-state index in [1.165, 1.54) is 0 Å². The van der Waals surface area contributed by atoms with Crippen molar-refractivity contribution in [1.82, 2.24) is 20.2 Å². The number of rotatable bonds is 4. The van der Waals surface area contributed by atoms with Crippen molar-refractivity contribution in [1.29, 1.82) is 0 Å². The Labute approximate surface area is 174 Å². The van der Waals surface area contributed by atoms with E-state index in [9.17, 15) is 4.79 Å². The summed E-state index contributed by atoms with van der Waals surface area (Å²) < 4.78 is 0. The summed E-state index contributed by atoms with van der Waals surface area (Å²) in [6, 6.07) is 21.7. The first-order valence-electron chi connectivity index (χ1n) is 10.2. The van der Waals surface area contributed by atoms with Gasteiger partial charge in [-0.25, -0.2) is 4.98 Å². The van der Waals surface area contributed by atoms with Crippen molar-refractivity contribution in [2.45, 2.75) is 12.8 Å². The number of hydrogen-bond donors (Lipinski definition) is 2. The highest BCUT2D eigenvalue weighted by Crippen LogP contribution is 2.24. The fourth-order valence-corrected chi connectivity index (χ4v) is 3.89. The van der Waals surface area contributed by atoms with E-state index in [1.807, 2.05) is 66.7 Å². The molecule has 3 heterocycles. The number of fused-ring (bicyclic) bond motifs is 1. The van der Waals surface area contributed by atoms with Crippen LogP contribution in [0.15, 0.2) is 66.7 Å². The number of nitrogens with one attached hydrogen (secondary N) is 2. The van der Waals surface area contributed by atoms with E-state index in [2.05, 4.69) is 30.4 Å². The number of carbonyl (C=O) groups excluding carboxylic acids is 1. The molecule has 0 bridgehead atoms. The predicted molar refractivity (Wildman–Crippen MR) is 117 cm³/mol. The summed E-state index contributed by atoms with van der Waals surface area (Å²) >= 11 is 0. The van der Waals surface area contributed by atoms with Crippen LogP contribution < -0.4 is 10.2 Å². The molecule has 2 aromatic carbocycles. The summed E-state index contributed by atoms with van der Waals surface area (Å²) in [5.74, 6) is 1.15. The lowest BCUT2D eigenvalue weighted by Gasteiger charge is -2.32. The van der Waals surface area contributed by atoms with Gasteiger partial charge in [0.1, 0.15) is 0 Å². The van der Waals surface area contributed by atoms with Crippen LogP contribution in [-0.4, -0.2) is 39.2 Å². The molecule has 150 valence electrons. The summed E-state index contributed by atoms with van der Waals surface area (Å²) in [4.78, 5) is 22.6. The van der Waals surface area contributed by atoms with Gasteiger partial charge < -0.3 is 9.88 Å². The number of nitrogens with zero attached hydrogens (tertiary/aromatic N) is 4. The summed E-state index contributed by atoms with van der Waals surface area (Å²) in [5, 5.41) is 11.7. The van der Waals surface area contributed by atoms with Crippen molar-refractivity contribution in [2.75, 3.05) is 23.3 Å². The standard InChI is InChI=1S/C23H22N6O/c30-22(26-23-24-19-10-4-5-11-20(19)25-23)17-9-6-14-29(15-17)21-13-12-18(27-28-21)16-7-2-1-3-8-16/h1-5,7-8,10-13,17H,6,9,14-15H2,(H2,24,25,26,30)/t17-/m1/s1. The Morgan fingerprint density at radius 1 is 1.00 bits per heavy atom. The number of para-hydroxylation sites is 2. The van der Waals surface area contributed by atoms with Crippen molar-refractivity contribution in [3.63, 3.8) is 0 Å². The molecule has 1 aliphatic rings. The molecule has 30 heavy (non-hydrogen) atoms. The summed E-state index contributed by atoms with van der Waals surface area (Å²) in [6.07, 6.45) is 1.78. The quantitative estimate of drug-likeness (QED) is 0.545. The zero-order chi connectivity index (χ0) is 20.3. The minimum Gasteiger partial charge on any atom is -0.354 e. The first-order valence-corrected chi connectivity index (χ1v) is 10.2. The van der Waals surface area contributed by atoms with Gasteiger partial charge in [-0.05, 0) is 37.1 Å². The molecular formula is C23H22N6O. The van der Waals surface area contributed by atoms with Gasteiger partial charge in [0.15, 0.2) is 5.82 Å². The number of aromatic amines is 1. The van der Waals surface area contributed by atoms with Crippen LogP contribution in [-0.2, 0) is 4.79 Å². The lowest BCUT2D eigenvalue weighted by Crippen LogP contribution is -2.41. The molecule has 1 fully saturated rings. The minimum atomic E-state index is -0.123. The lowest BCUT2D eigenvalue weighted by molar-refractivity contribution is -0.120. The van der Waals surface area contributed by atoms with Crippen LogP contribution in [0.3, 0.4) is 0 Å². The fourth-order valence-electron chi connectivity index (χ4n) is 3.89. The number of hydrogen-bond acceptors (Lipinski definition) is 5. The third kappa shape index (κ3) is 3.74. The Morgan fingerprint density at radius 2 is 1.83 bits per heavy atom. The number of amides is 1. The Hall–Kier alpha value is -3.74. The number of carbonyl (C=O) groups is 1. The smallest absolute Gasteiger partial charge is 0.231 e. The number of piperidine rings is 1. The Balaban J connectivity index is 1.26. The molecular weight excluding hydrogens is 376 g/mol. The van der Waals surface area contributed by atoms with Crippen LogP contribution in [0, 0.1) is 5.92 Å². The van der Waals surface area contributed by atoms with Crippen molar-refractivity contribution in [2.24, 2.45) is 5.92 Å². The Morgan fingerprint density at radius 3 is 2.63 bits per heavy atom. The molecule has 0 saturated carbocycles. The van der Waals surface area contributed by atoms with Gasteiger partial charge in [0.2, 0.25) is 11.9 Å².